The van der Waals surface area contributed by atoms with E-state index in [0.717, 1.165) is 64.1 Å². The number of nitrogens with zero attached hydrogens (tertiary/aromatic N) is 4. The van der Waals surface area contributed by atoms with Crippen molar-refractivity contribution in [2.24, 2.45) is 0 Å². The van der Waals surface area contributed by atoms with E-state index in [-0.39, 0.29) is 0 Å². The minimum atomic E-state index is 0.773. The molecule has 0 bridgehead atoms. The highest BCUT2D eigenvalue weighted by atomic mass is 16.5. The number of rotatable bonds is 7. The number of morpholine rings is 1. The van der Waals surface area contributed by atoms with Crippen LogP contribution in [0.25, 0.3) is 0 Å². The third-order valence-corrected chi connectivity index (χ3v) is 3.62. The van der Waals surface area contributed by atoms with Gasteiger partial charge >= 0.3 is 0 Å². The van der Waals surface area contributed by atoms with Gasteiger partial charge in [-0.25, -0.2) is 9.97 Å². The van der Waals surface area contributed by atoms with Gasteiger partial charge in [0.05, 0.1) is 13.2 Å². The van der Waals surface area contributed by atoms with Crippen molar-refractivity contribution >= 4 is 11.6 Å². The monoisotopic (exact) mass is 279 g/mol. The Kier molecular flexibility index (Phi) is 6.01. The van der Waals surface area contributed by atoms with Gasteiger partial charge in [-0.3, -0.25) is 0 Å². The van der Waals surface area contributed by atoms with Crippen molar-refractivity contribution in [3.05, 3.63) is 12.4 Å². The van der Waals surface area contributed by atoms with Crippen molar-refractivity contribution in [3.63, 3.8) is 0 Å². The van der Waals surface area contributed by atoms with Crippen molar-refractivity contribution in [1.29, 1.82) is 0 Å². The molecule has 0 amide bonds. The molecule has 2 heterocycles. The van der Waals surface area contributed by atoms with Crippen LogP contribution >= 0.6 is 0 Å². The second kappa shape index (κ2) is 8.01. The van der Waals surface area contributed by atoms with Gasteiger partial charge in [0.1, 0.15) is 18.0 Å². The second-order valence-electron chi connectivity index (χ2n) is 4.81. The Labute approximate surface area is 121 Å². The molecule has 0 atom stereocenters. The fraction of sp³-hybridized carbons (Fsp3) is 0.714. The minimum Gasteiger partial charge on any atom is -0.378 e. The van der Waals surface area contributed by atoms with E-state index in [2.05, 4.69) is 38.9 Å². The molecule has 6 heteroatoms. The van der Waals surface area contributed by atoms with Crippen LogP contribution in [0.15, 0.2) is 12.4 Å². The van der Waals surface area contributed by atoms with Gasteiger partial charge in [-0.05, 0) is 13.1 Å². The molecule has 1 saturated heterocycles. The molecule has 0 aliphatic carbocycles. The van der Waals surface area contributed by atoms with Gasteiger partial charge in [0.15, 0.2) is 0 Å². The topological polar surface area (TPSA) is 53.5 Å². The Morgan fingerprint density at radius 2 is 2.00 bits per heavy atom. The standard InChI is InChI=1S/C14H25N5O/c1-3-18(4-2)6-5-15-13-11-14(17-12-16-13)19-7-9-20-10-8-19/h11-12H,3-10H2,1-2H3,(H,15,16,17). The van der Waals surface area contributed by atoms with E-state index in [1.54, 1.807) is 6.33 Å². The number of hydrogen-bond acceptors (Lipinski definition) is 6. The highest BCUT2D eigenvalue weighted by Gasteiger charge is 2.12. The first-order valence-corrected chi connectivity index (χ1v) is 7.44. The molecule has 6 nitrogen and oxygen atoms in total. The SMILES string of the molecule is CCN(CC)CCNc1cc(N2CCOCC2)ncn1. The number of ether oxygens (including phenoxy) is 1. The number of anilines is 2. The van der Waals surface area contributed by atoms with Crippen molar-refractivity contribution in [2.45, 2.75) is 13.8 Å². The van der Waals surface area contributed by atoms with Gasteiger partial charge in [0, 0.05) is 32.2 Å². The Morgan fingerprint density at radius 3 is 2.70 bits per heavy atom. The highest BCUT2D eigenvalue weighted by molar-refractivity contribution is 5.48. The van der Waals surface area contributed by atoms with E-state index in [4.69, 9.17) is 4.74 Å². The fourth-order valence-corrected chi connectivity index (χ4v) is 2.29. The first kappa shape index (κ1) is 15.0. The summed E-state index contributed by atoms with van der Waals surface area (Å²) in [6, 6.07) is 2.02. The summed E-state index contributed by atoms with van der Waals surface area (Å²) in [5, 5.41) is 3.37. The summed E-state index contributed by atoms with van der Waals surface area (Å²) in [6.45, 7) is 11.8. The molecule has 1 aliphatic heterocycles. The van der Waals surface area contributed by atoms with Crippen LogP contribution < -0.4 is 10.2 Å². The molecule has 1 fully saturated rings. The smallest absolute Gasteiger partial charge is 0.134 e. The molecule has 1 aliphatic rings. The average Bonchev–Trinajstić information content (AvgIpc) is 2.53. The Balaban J connectivity index is 1.85. The lowest BCUT2D eigenvalue weighted by Gasteiger charge is -2.27. The second-order valence-corrected chi connectivity index (χ2v) is 4.81. The first-order valence-electron chi connectivity index (χ1n) is 7.44. The summed E-state index contributed by atoms with van der Waals surface area (Å²) in [5.41, 5.74) is 0. The van der Waals surface area contributed by atoms with Gasteiger partial charge in [-0.15, -0.1) is 0 Å². The van der Waals surface area contributed by atoms with E-state index < -0.39 is 0 Å². The molecule has 1 N–H and O–H groups in total. The van der Waals surface area contributed by atoms with E-state index in [0.29, 0.717) is 0 Å². The van der Waals surface area contributed by atoms with Crippen LogP contribution in [0.1, 0.15) is 13.8 Å². The molecule has 0 unspecified atom stereocenters. The van der Waals surface area contributed by atoms with Crippen LogP contribution in [0, 0.1) is 0 Å². The molecule has 0 radical (unpaired) electrons. The van der Waals surface area contributed by atoms with Crippen LogP contribution in [0.2, 0.25) is 0 Å². The lowest BCUT2D eigenvalue weighted by atomic mass is 10.4. The predicted octanol–water partition coefficient (Wildman–Crippen LogP) is 1.07. The first-order chi connectivity index (χ1) is 9.83. The van der Waals surface area contributed by atoms with Gasteiger partial charge in [-0.2, -0.15) is 0 Å². The normalized spacial score (nSPS) is 15.7. The van der Waals surface area contributed by atoms with Crippen LogP contribution in [0.5, 0.6) is 0 Å². The van der Waals surface area contributed by atoms with Crippen LogP contribution in [0.4, 0.5) is 11.6 Å². The van der Waals surface area contributed by atoms with Gasteiger partial charge in [0.2, 0.25) is 0 Å². The summed E-state index contributed by atoms with van der Waals surface area (Å²) in [5.74, 6) is 1.88. The van der Waals surface area contributed by atoms with E-state index in [9.17, 15) is 0 Å². The molecule has 1 aromatic heterocycles. The van der Waals surface area contributed by atoms with Crippen molar-refractivity contribution in [3.8, 4) is 0 Å². The number of likely N-dealkylation sites (N-methyl/N-ethyl adjacent to an activating group) is 1. The maximum atomic E-state index is 5.36. The quantitative estimate of drug-likeness (QED) is 0.806. The molecule has 20 heavy (non-hydrogen) atoms. The number of nitrogens with one attached hydrogen (secondary N) is 1. The highest BCUT2D eigenvalue weighted by Crippen LogP contribution is 2.15. The van der Waals surface area contributed by atoms with Crippen LogP contribution in [-0.2, 0) is 4.74 Å². The van der Waals surface area contributed by atoms with Crippen LogP contribution in [-0.4, -0.2) is 67.4 Å². The molecule has 0 aromatic carbocycles. The predicted molar refractivity (Wildman–Crippen MR) is 81.3 cm³/mol. The zero-order valence-electron chi connectivity index (χ0n) is 12.5. The van der Waals surface area contributed by atoms with Crippen molar-refractivity contribution in [1.82, 2.24) is 14.9 Å². The lowest BCUT2D eigenvalue weighted by molar-refractivity contribution is 0.122. The molecular formula is C14H25N5O. The summed E-state index contributed by atoms with van der Waals surface area (Å²) in [7, 11) is 0. The average molecular weight is 279 g/mol. The third kappa shape index (κ3) is 4.31. The van der Waals surface area contributed by atoms with Gasteiger partial charge in [0.25, 0.3) is 0 Å². The fourth-order valence-electron chi connectivity index (χ4n) is 2.29. The number of hydrogen-bond donors (Lipinski definition) is 1. The Bertz CT molecular complexity index is 391. The molecule has 1 aromatic rings. The van der Waals surface area contributed by atoms with Crippen molar-refractivity contribution < 1.29 is 4.74 Å². The summed E-state index contributed by atoms with van der Waals surface area (Å²) < 4.78 is 5.36. The van der Waals surface area contributed by atoms with Crippen LogP contribution in [0.3, 0.4) is 0 Å². The molecular weight excluding hydrogens is 254 g/mol. The molecule has 112 valence electrons. The lowest BCUT2D eigenvalue weighted by Crippen LogP contribution is -2.36. The summed E-state index contributed by atoms with van der Waals surface area (Å²) >= 11 is 0. The molecule has 2 rings (SSSR count). The maximum absolute atomic E-state index is 5.36. The molecule has 0 spiro atoms. The maximum Gasteiger partial charge on any atom is 0.134 e. The molecule has 0 saturated carbocycles. The number of aromatic nitrogens is 2. The van der Waals surface area contributed by atoms with Crippen molar-refractivity contribution in [2.75, 3.05) is 62.7 Å². The zero-order valence-corrected chi connectivity index (χ0v) is 12.5. The van der Waals surface area contributed by atoms with E-state index >= 15 is 0 Å². The summed E-state index contributed by atoms with van der Waals surface area (Å²) in [4.78, 5) is 13.3. The minimum absolute atomic E-state index is 0.773. The Morgan fingerprint density at radius 1 is 1.25 bits per heavy atom. The van der Waals surface area contributed by atoms with E-state index in [1.165, 1.54) is 0 Å². The third-order valence-electron chi connectivity index (χ3n) is 3.62. The zero-order chi connectivity index (χ0) is 14.2. The van der Waals surface area contributed by atoms with E-state index in [1.807, 2.05) is 6.07 Å². The Hall–Kier alpha value is -1.40. The largest absolute Gasteiger partial charge is 0.378 e. The van der Waals surface area contributed by atoms with Gasteiger partial charge < -0.3 is 19.9 Å². The summed E-state index contributed by atoms with van der Waals surface area (Å²) in [6.07, 6.45) is 1.63. The van der Waals surface area contributed by atoms with Gasteiger partial charge in [-0.1, -0.05) is 13.8 Å².